The number of carbonyl (C=O) groups is 2. The number of imide groups is 1. The highest BCUT2D eigenvalue weighted by atomic mass is 16.2. The number of aromatic nitrogens is 2. The van der Waals surface area contributed by atoms with Crippen LogP contribution in [0.5, 0.6) is 0 Å². The van der Waals surface area contributed by atoms with E-state index in [0.29, 0.717) is 6.42 Å². The number of aryl methyl sites for hydroxylation is 1. The van der Waals surface area contributed by atoms with Gasteiger partial charge in [0.2, 0.25) is 11.8 Å². The van der Waals surface area contributed by atoms with Crippen LogP contribution in [0.25, 0.3) is 11.0 Å². The van der Waals surface area contributed by atoms with Gasteiger partial charge in [0.1, 0.15) is 6.04 Å². The summed E-state index contributed by atoms with van der Waals surface area (Å²) in [4.78, 5) is 41.9. The van der Waals surface area contributed by atoms with Gasteiger partial charge in [0.05, 0.1) is 11.0 Å². The minimum atomic E-state index is -0.643. The van der Waals surface area contributed by atoms with E-state index < -0.39 is 11.9 Å². The first kappa shape index (κ1) is 21.2. The smallest absolute Gasteiger partial charge is 0.329 e. The molecule has 3 fully saturated rings. The number of carbonyl (C=O) groups excluding carboxylic acids is 2. The Balaban J connectivity index is 1.32. The van der Waals surface area contributed by atoms with Crippen LogP contribution in [0.4, 0.5) is 5.69 Å². The Morgan fingerprint density at radius 1 is 0.969 bits per heavy atom. The molecule has 1 unspecified atom stereocenters. The number of benzene rings is 1. The van der Waals surface area contributed by atoms with Gasteiger partial charge >= 0.3 is 5.69 Å². The van der Waals surface area contributed by atoms with E-state index in [9.17, 15) is 14.4 Å². The molecule has 1 aromatic heterocycles. The summed E-state index contributed by atoms with van der Waals surface area (Å²) in [5.74, 6) is 0.0692. The lowest BCUT2D eigenvalue weighted by Crippen LogP contribution is -2.46. The molecule has 172 valence electrons. The zero-order valence-corrected chi connectivity index (χ0v) is 18.7. The third-order valence-electron chi connectivity index (χ3n) is 7.30. The first-order chi connectivity index (χ1) is 15.5. The van der Waals surface area contributed by atoms with Gasteiger partial charge in [-0.3, -0.25) is 24.0 Å². The minimum absolute atomic E-state index is 0.221. The molecule has 2 aromatic rings. The molecule has 2 amide bonds. The summed E-state index contributed by atoms with van der Waals surface area (Å²) in [6.45, 7) is 7.71. The van der Waals surface area contributed by atoms with Gasteiger partial charge in [-0.05, 0) is 43.4 Å². The normalized spacial score (nSPS) is 23.7. The molecule has 0 radical (unpaired) electrons. The number of hydrogen-bond acceptors (Lipinski definition) is 6. The monoisotopic (exact) mass is 440 g/mol. The van der Waals surface area contributed by atoms with E-state index >= 15 is 0 Å². The fourth-order valence-corrected chi connectivity index (χ4v) is 5.41. The van der Waals surface area contributed by atoms with Crippen molar-refractivity contribution in [3.8, 4) is 0 Å². The van der Waals surface area contributed by atoms with Crippen LogP contribution in [0, 0.1) is 5.92 Å². The fourth-order valence-electron chi connectivity index (χ4n) is 5.41. The van der Waals surface area contributed by atoms with Crippen LogP contribution in [0.3, 0.4) is 0 Å². The molecule has 0 aliphatic carbocycles. The maximum atomic E-state index is 13.0. The quantitative estimate of drug-likeness (QED) is 0.671. The van der Waals surface area contributed by atoms with E-state index in [1.54, 1.807) is 16.2 Å². The summed E-state index contributed by atoms with van der Waals surface area (Å²) in [6.07, 6.45) is 2.96. The summed E-state index contributed by atoms with van der Waals surface area (Å²) in [7, 11) is 1.75. The summed E-state index contributed by atoms with van der Waals surface area (Å²) in [6, 6.07) is 5.43. The van der Waals surface area contributed by atoms with Crippen LogP contribution in [0.1, 0.15) is 31.7 Å². The number of nitrogens with one attached hydrogen (secondary N) is 2. The molecular formula is C23H32N6O3. The summed E-state index contributed by atoms with van der Waals surface area (Å²) in [5.41, 5.74) is 2.46. The maximum Gasteiger partial charge on any atom is 0.329 e. The van der Waals surface area contributed by atoms with Crippen molar-refractivity contribution in [3.05, 3.63) is 28.7 Å². The molecular weight excluding hydrogens is 408 g/mol. The van der Waals surface area contributed by atoms with Crippen molar-refractivity contribution < 1.29 is 9.59 Å². The van der Waals surface area contributed by atoms with Crippen molar-refractivity contribution in [2.75, 3.05) is 50.7 Å². The zero-order chi connectivity index (χ0) is 22.2. The average Bonchev–Trinajstić information content (AvgIpc) is 3.05. The third-order valence-corrected chi connectivity index (χ3v) is 7.30. The number of fused-ring (bicyclic) bond motifs is 1. The first-order valence-corrected chi connectivity index (χ1v) is 11.7. The van der Waals surface area contributed by atoms with E-state index in [-0.39, 0.29) is 18.0 Å². The highest BCUT2D eigenvalue weighted by Gasteiger charge is 2.31. The van der Waals surface area contributed by atoms with Gasteiger partial charge < -0.3 is 15.1 Å². The second kappa shape index (κ2) is 8.71. The van der Waals surface area contributed by atoms with Crippen LogP contribution >= 0.6 is 0 Å². The molecule has 2 N–H and O–H groups in total. The highest BCUT2D eigenvalue weighted by Crippen LogP contribution is 2.29. The number of nitrogens with zero attached hydrogens (tertiary/aromatic N) is 4. The van der Waals surface area contributed by atoms with Crippen LogP contribution in [-0.4, -0.2) is 71.7 Å². The highest BCUT2D eigenvalue weighted by molar-refractivity contribution is 6.00. The van der Waals surface area contributed by atoms with Crippen molar-refractivity contribution in [1.29, 1.82) is 0 Å². The molecule has 32 heavy (non-hydrogen) atoms. The second-order valence-corrected chi connectivity index (χ2v) is 9.33. The first-order valence-electron chi connectivity index (χ1n) is 11.7. The van der Waals surface area contributed by atoms with Crippen molar-refractivity contribution in [2.24, 2.45) is 13.0 Å². The summed E-state index contributed by atoms with van der Waals surface area (Å²) in [5, 5.41) is 5.78. The average molecular weight is 441 g/mol. The number of piperidine rings is 2. The summed E-state index contributed by atoms with van der Waals surface area (Å²) < 4.78 is 3.15. The van der Waals surface area contributed by atoms with Crippen molar-refractivity contribution in [3.63, 3.8) is 0 Å². The Labute approximate surface area is 187 Å². The van der Waals surface area contributed by atoms with Crippen molar-refractivity contribution in [2.45, 2.75) is 31.7 Å². The van der Waals surface area contributed by atoms with Crippen LogP contribution in [-0.2, 0) is 16.6 Å². The van der Waals surface area contributed by atoms with Crippen LogP contribution in [0.2, 0.25) is 0 Å². The van der Waals surface area contributed by atoms with E-state index in [2.05, 4.69) is 32.6 Å². The second-order valence-electron chi connectivity index (χ2n) is 9.33. The maximum absolute atomic E-state index is 13.0. The molecule has 9 nitrogen and oxygen atoms in total. The third kappa shape index (κ3) is 3.95. The molecule has 0 bridgehead atoms. The lowest BCUT2D eigenvalue weighted by atomic mass is 9.95. The molecule has 1 atom stereocenters. The molecule has 4 heterocycles. The Morgan fingerprint density at radius 2 is 1.72 bits per heavy atom. The molecule has 3 saturated heterocycles. The van der Waals surface area contributed by atoms with E-state index in [0.717, 1.165) is 61.9 Å². The van der Waals surface area contributed by atoms with Gasteiger partial charge in [-0.25, -0.2) is 4.79 Å². The lowest BCUT2D eigenvalue weighted by Gasteiger charge is -2.37. The topological polar surface area (TPSA) is 91.6 Å². The lowest BCUT2D eigenvalue weighted by molar-refractivity contribution is -0.135. The van der Waals surface area contributed by atoms with Crippen LogP contribution in [0.15, 0.2) is 23.0 Å². The van der Waals surface area contributed by atoms with Gasteiger partial charge in [-0.15, -0.1) is 0 Å². The van der Waals surface area contributed by atoms with Gasteiger partial charge in [0.15, 0.2) is 0 Å². The standard InChI is InChI=1S/C23H32N6O3/c1-26-20-14-17(28-10-6-16(7-11-28)15-27-12-8-24-9-13-27)2-3-18(20)29(23(26)32)19-4-5-21(30)25-22(19)31/h2-3,14,16,19,24H,4-13,15H2,1H3,(H,25,30,31). The predicted molar refractivity (Wildman–Crippen MR) is 123 cm³/mol. The summed E-state index contributed by atoms with van der Waals surface area (Å²) >= 11 is 0. The van der Waals surface area contributed by atoms with Gasteiger partial charge in [-0.1, -0.05) is 0 Å². The molecule has 1 aromatic carbocycles. The number of piperazine rings is 1. The zero-order valence-electron chi connectivity index (χ0n) is 18.7. The Morgan fingerprint density at radius 3 is 2.44 bits per heavy atom. The molecule has 0 spiro atoms. The molecule has 9 heteroatoms. The Bertz CT molecular complexity index is 1080. The number of imidazole rings is 1. The van der Waals surface area contributed by atoms with E-state index in [4.69, 9.17) is 0 Å². The fraction of sp³-hybridized carbons (Fsp3) is 0.609. The molecule has 3 aliphatic heterocycles. The Hall–Kier alpha value is -2.65. The molecule has 3 aliphatic rings. The molecule has 5 rings (SSSR count). The van der Waals surface area contributed by atoms with Gasteiger partial charge in [0, 0.05) is 65.0 Å². The predicted octanol–water partition coefficient (Wildman–Crippen LogP) is 0.439. The molecule has 0 saturated carbocycles. The SMILES string of the molecule is Cn1c(=O)n(C2CCC(=O)NC2=O)c2ccc(N3CCC(CN4CCNCC4)CC3)cc21. The number of hydrogen-bond donors (Lipinski definition) is 2. The number of rotatable bonds is 4. The number of amides is 2. The van der Waals surface area contributed by atoms with Crippen LogP contribution < -0.4 is 21.2 Å². The van der Waals surface area contributed by atoms with Gasteiger partial charge in [0.25, 0.3) is 0 Å². The van der Waals surface area contributed by atoms with E-state index in [1.165, 1.54) is 19.4 Å². The van der Waals surface area contributed by atoms with Gasteiger partial charge in [-0.2, -0.15) is 0 Å². The minimum Gasteiger partial charge on any atom is -0.371 e. The Kier molecular flexibility index (Phi) is 5.77. The van der Waals surface area contributed by atoms with Crippen molar-refractivity contribution >= 4 is 28.5 Å². The number of anilines is 1. The van der Waals surface area contributed by atoms with E-state index in [1.807, 2.05) is 6.07 Å². The largest absolute Gasteiger partial charge is 0.371 e. The van der Waals surface area contributed by atoms with Crippen molar-refractivity contribution in [1.82, 2.24) is 24.7 Å².